The molecule has 0 aliphatic carbocycles. The molecule has 0 aliphatic heterocycles. The van der Waals surface area contributed by atoms with Crippen molar-refractivity contribution in [3.8, 4) is 0 Å². The molecule has 17 heavy (non-hydrogen) atoms. The topological polar surface area (TPSA) is 38.3 Å². The lowest BCUT2D eigenvalue weighted by atomic mass is 10.2. The predicted molar refractivity (Wildman–Crippen MR) is 63.8 cm³/mol. The average Bonchev–Trinajstić information content (AvgIpc) is 2.30. The third-order valence-corrected chi connectivity index (χ3v) is 2.72. The maximum atomic E-state index is 13.3. The number of rotatable bonds is 5. The summed E-state index contributed by atoms with van der Waals surface area (Å²) in [6.45, 7) is 0.407. The lowest BCUT2D eigenvalue weighted by molar-refractivity contribution is -0.140. The molecule has 0 radical (unpaired) electrons. The molecule has 0 aliphatic rings. The number of hydrogen-bond donors (Lipinski definition) is 1. The summed E-state index contributed by atoms with van der Waals surface area (Å²) in [5.74, 6) is -1.63. The molecule has 6 heteroatoms. The number of carbonyl (C=O) groups excluding carboxylic acids is 1. The van der Waals surface area contributed by atoms with Gasteiger partial charge in [0, 0.05) is 19.0 Å². The molecule has 0 spiro atoms. The van der Waals surface area contributed by atoms with Crippen molar-refractivity contribution < 1.29 is 18.3 Å². The van der Waals surface area contributed by atoms with Crippen molar-refractivity contribution in [2.24, 2.45) is 0 Å². The van der Waals surface area contributed by atoms with Gasteiger partial charge in [0.25, 0.3) is 0 Å². The largest absolute Gasteiger partial charge is 0.469 e. The van der Waals surface area contributed by atoms with Gasteiger partial charge in [-0.2, -0.15) is 0 Å². The maximum absolute atomic E-state index is 13.3. The molecule has 3 nitrogen and oxygen atoms in total. The third kappa shape index (κ3) is 4.30. The first-order valence-electron chi connectivity index (χ1n) is 5.00. The number of esters is 1. The van der Waals surface area contributed by atoms with Gasteiger partial charge in [-0.05, 0) is 28.4 Å². The summed E-state index contributed by atoms with van der Waals surface area (Å²) in [6.07, 6.45) is 0.772. The summed E-state index contributed by atoms with van der Waals surface area (Å²) >= 11 is 2.97. The number of anilines is 1. The number of ether oxygens (including phenoxy) is 1. The Kier molecular flexibility index (Phi) is 5.34. The second kappa shape index (κ2) is 6.54. The van der Waals surface area contributed by atoms with E-state index in [2.05, 4.69) is 26.0 Å². The highest BCUT2D eigenvalue weighted by atomic mass is 79.9. The number of halogens is 3. The molecule has 0 fully saturated rings. The summed E-state index contributed by atoms with van der Waals surface area (Å²) in [6, 6.07) is 2.12. The first-order chi connectivity index (χ1) is 8.04. The number of benzene rings is 1. The van der Waals surface area contributed by atoms with Gasteiger partial charge in [0.15, 0.2) is 0 Å². The van der Waals surface area contributed by atoms with Crippen molar-refractivity contribution in [3.63, 3.8) is 0 Å². The maximum Gasteiger partial charge on any atom is 0.305 e. The lowest BCUT2D eigenvalue weighted by Crippen LogP contribution is -2.07. The van der Waals surface area contributed by atoms with Crippen LogP contribution in [0.4, 0.5) is 14.5 Å². The highest BCUT2D eigenvalue weighted by Crippen LogP contribution is 2.23. The van der Waals surface area contributed by atoms with E-state index in [-0.39, 0.29) is 22.6 Å². The minimum absolute atomic E-state index is 0.189. The molecule has 1 aromatic rings. The summed E-state index contributed by atoms with van der Waals surface area (Å²) in [5, 5.41) is 2.78. The molecule has 1 aromatic carbocycles. The Morgan fingerprint density at radius 3 is 2.76 bits per heavy atom. The predicted octanol–water partition coefficient (Wildman–Crippen LogP) is 3.09. The van der Waals surface area contributed by atoms with Crippen LogP contribution in [0.5, 0.6) is 0 Å². The Morgan fingerprint density at radius 2 is 2.12 bits per heavy atom. The summed E-state index contributed by atoms with van der Waals surface area (Å²) in [7, 11) is 1.31. The van der Waals surface area contributed by atoms with Gasteiger partial charge >= 0.3 is 5.97 Å². The van der Waals surface area contributed by atoms with Crippen LogP contribution in [0.3, 0.4) is 0 Å². The van der Waals surface area contributed by atoms with Crippen LogP contribution in [0.2, 0.25) is 0 Å². The molecular formula is C11H12BrF2NO2. The SMILES string of the molecule is COC(=O)CCCNc1cc(Br)c(F)cc1F. The van der Waals surface area contributed by atoms with Crippen LogP contribution in [0, 0.1) is 11.6 Å². The zero-order valence-electron chi connectivity index (χ0n) is 9.23. The molecule has 0 amide bonds. The zero-order valence-corrected chi connectivity index (χ0v) is 10.8. The van der Waals surface area contributed by atoms with Crippen LogP contribution in [0.25, 0.3) is 0 Å². The van der Waals surface area contributed by atoms with E-state index < -0.39 is 11.6 Å². The fourth-order valence-electron chi connectivity index (χ4n) is 1.22. The van der Waals surface area contributed by atoms with E-state index in [0.717, 1.165) is 6.07 Å². The monoisotopic (exact) mass is 307 g/mol. The van der Waals surface area contributed by atoms with Crippen LogP contribution in [0.15, 0.2) is 16.6 Å². The Morgan fingerprint density at radius 1 is 1.41 bits per heavy atom. The van der Waals surface area contributed by atoms with Gasteiger partial charge in [-0.3, -0.25) is 4.79 Å². The second-order valence-electron chi connectivity index (χ2n) is 3.35. The van der Waals surface area contributed by atoms with Crippen LogP contribution in [-0.2, 0) is 9.53 Å². The van der Waals surface area contributed by atoms with E-state index in [0.29, 0.717) is 13.0 Å². The molecule has 0 saturated carbocycles. The quantitative estimate of drug-likeness (QED) is 0.516. The summed E-state index contributed by atoms with van der Waals surface area (Å²) < 4.78 is 30.8. The lowest BCUT2D eigenvalue weighted by Gasteiger charge is -2.08. The van der Waals surface area contributed by atoms with Gasteiger partial charge in [-0.15, -0.1) is 0 Å². The van der Waals surface area contributed by atoms with Gasteiger partial charge in [-0.1, -0.05) is 0 Å². The second-order valence-corrected chi connectivity index (χ2v) is 4.21. The van der Waals surface area contributed by atoms with Gasteiger partial charge in [0.05, 0.1) is 17.3 Å². The number of methoxy groups -OCH3 is 1. The first-order valence-corrected chi connectivity index (χ1v) is 5.79. The van der Waals surface area contributed by atoms with Crippen molar-refractivity contribution in [2.75, 3.05) is 19.0 Å². The molecule has 0 atom stereocenters. The fraction of sp³-hybridized carbons (Fsp3) is 0.364. The third-order valence-electron chi connectivity index (χ3n) is 2.11. The van der Waals surface area contributed by atoms with Gasteiger partial charge in [-0.25, -0.2) is 8.78 Å². The molecule has 1 N–H and O–H groups in total. The summed E-state index contributed by atoms with van der Waals surface area (Å²) in [5.41, 5.74) is 0.197. The van der Waals surface area contributed by atoms with Crippen molar-refractivity contribution in [2.45, 2.75) is 12.8 Å². The van der Waals surface area contributed by atoms with Crippen LogP contribution >= 0.6 is 15.9 Å². The standard InChI is InChI=1S/C11H12BrF2NO2/c1-17-11(16)3-2-4-15-10-5-7(12)8(13)6-9(10)14/h5-6,15H,2-4H2,1H3. The van der Waals surface area contributed by atoms with E-state index in [1.807, 2.05) is 0 Å². The molecule has 94 valence electrons. The van der Waals surface area contributed by atoms with Crippen molar-refractivity contribution >= 4 is 27.6 Å². The molecule has 1 rings (SSSR count). The van der Waals surface area contributed by atoms with E-state index >= 15 is 0 Å². The number of carbonyl (C=O) groups is 1. The minimum atomic E-state index is -0.663. The smallest absolute Gasteiger partial charge is 0.305 e. The van der Waals surface area contributed by atoms with Crippen molar-refractivity contribution in [1.82, 2.24) is 0 Å². The summed E-state index contributed by atoms with van der Waals surface area (Å²) in [4.78, 5) is 10.8. The first kappa shape index (κ1) is 13.9. The molecule has 0 bridgehead atoms. The average molecular weight is 308 g/mol. The molecule has 0 aromatic heterocycles. The van der Waals surface area contributed by atoms with E-state index in [1.54, 1.807) is 0 Å². The van der Waals surface area contributed by atoms with Crippen molar-refractivity contribution in [3.05, 3.63) is 28.2 Å². The van der Waals surface area contributed by atoms with Crippen molar-refractivity contribution in [1.29, 1.82) is 0 Å². The molecular weight excluding hydrogens is 296 g/mol. The molecule has 0 saturated heterocycles. The minimum Gasteiger partial charge on any atom is -0.469 e. The number of hydrogen-bond acceptors (Lipinski definition) is 3. The van der Waals surface area contributed by atoms with Gasteiger partial charge < -0.3 is 10.1 Å². The van der Waals surface area contributed by atoms with E-state index in [9.17, 15) is 13.6 Å². The Hall–Kier alpha value is -1.17. The Bertz CT molecular complexity index is 413. The Labute approximate surface area is 106 Å². The van der Waals surface area contributed by atoms with Gasteiger partial charge in [0.2, 0.25) is 0 Å². The van der Waals surface area contributed by atoms with Crippen LogP contribution in [0.1, 0.15) is 12.8 Å². The molecule has 0 unspecified atom stereocenters. The van der Waals surface area contributed by atoms with Crippen LogP contribution < -0.4 is 5.32 Å². The normalized spacial score (nSPS) is 10.1. The fourth-order valence-corrected chi connectivity index (χ4v) is 1.56. The zero-order chi connectivity index (χ0) is 12.8. The molecule has 0 heterocycles. The highest BCUT2D eigenvalue weighted by molar-refractivity contribution is 9.10. The highest BCUT2D eigenvalue weighted by Gasteiger charge is 2.07. The van der Waals surface area contributed by atoms with E-state index in [1.165, 1.54) is 13.2 Å². The van der Waals surface area contributed by atoms with E-state index in [4.69, 9.17) is 0 Å². The van der Waals surface area contributed by atoms with Crippen LogP contribution in [-0.4, -0.2) is 19.6 Å². The Balaban J connectivity index is 2.47. The number of nitrogens with one attached hydrogen (secondary N) is 1. The van der Waals surface area contributed by atoms with Gasteiger partial charge in [0.1, 0.15) is 11.6 Å².